The topological polar surface area (TPSA) is 113 Å². The number of nitrogens with one attached hydrogen (secondary N) is 1. The zero-order chi connectivity index (χ0) is 36.4. The molecule has 5 fully saturated rings. The fourth-order valence-corrected chi connectivity index (χ4v) is 14.1. The van der Waals surface area contributed by atoms with Crippen LogP contribution in [0.4, 0.5) is 0 Å². The van der Waals surface area contributed by atoms with Gasteiger partial charge in [0.05, 0.1) is 24.3 Å². The van der Waals surface area contributed by atoms with E-state index in [1.54, 1.807) is 0 Å². The van der Waals surface area contributed by atoms with Gasteiger partial charge >= 0.3 is 11.9 Å². The number of ether oxygens (including phenoxy) is 1. The Morgan fingerprint density at radius 1 is 0.959 bits per heavy atom. The lowest BCUT2D eigenvalue weighted by atomic mass is 9.32. The van der Waals surface area contributed by atoms with Crippen molar-refractivity contribution >= 4 is 29.9 Å². The molecule has 3 N–H and O–H groups in total. The predicted octanol–water partition coefficient (Wildman–Crippen LogP) is 8.55. The average Bonchev–Trinajstić information content (AvgIpc) is 3.39. The molecule has 12 atom stereocenters. The highest BCUT2D eigenvalue weighted by atomic mass is 35.5. The number of hydrogen-bond donors (Lipinski definition) is 3. The SMILES string of the molecule is C=C(C)[C@@H]1CC[C@]2(C(O)C(Cl)CCNC=O)CC[C@]3(C)[C@H](CC[C@@H]4[C@@]5(C)CC[C@H](OC(=O)CC(C)(C)CC(=O)O)C(C)(C)[C@@H]5CC[C@]43C)[C@@H]12. The van der Waals surface area contributed by atoms with Crippen molar-refractivity contribution in [2.45, 2.75) is 156 Å². The lowest BCUT2D eigenvalue weighted by Crippen LogP contribution is -2.67. The summed E-state index contributed by atoms with van der Waals surface area (Å²) in [6.45, 7) is 23.2. The van der Waals surface area contributed by atoms with Gasteiger partial charge in [-0.25, -0.2) is 0 Å². The van der Waals surface area contributed by atoms with Gasteiger partial charge in [0.1, 0.15) is 6.10 Å². The molecule has 0 radical (unpaired) electrons. The molecule has 5 saturated carbocycles. The first-order chi connectivity index (χ1) is 22.7. The fourth-order valence-electron chi connectivity index (χ4n) is 13.7. The second-order valence-corrected chi connectivity index (χ2v) is 20.1. The molecule has 0 aliphatic heterocycles. The largest absolute Gasteiger partial charge is 0.481 e. The van der Waals surface area contributed by atoms with Crippen LogP contribution in [0.25, 0.3) is 0 Å². The van der Waals surface area contributed by atoms with Crippen LogP contribution in [0.3, 0.4) is 0 Å². The summed E-state index contributed by atoms with van der Waals surface area (Å²) in [5, 5.41) is 23.7. The van der Waals surface area contributed by atoms with Crippen LogP contribution in [0.1, 0.15) is 139 Å². The van der Waals surface area contributed by atoms with Gasteiger partial charge in [0.2, 0.25) is 6.41 Å². The number of aliphatic hydroxyl groups is 1. The lowest BCUT2D eigenvalue weighted by Gasteiger charge is -2.73. The monoisotopic (exact) mass is 703 g/mol. The summed E-state index contributed by atoms with van der Waals surface area (Å²) in [7, 11) is 0. The number of carboxylic acid groups (broad SMARTS) is 1. The van der Waals surface area contributed by atoms with Crippen LogP contribution in [-0.4, -0.2) is 52.7 Å². The maximum Gasteiger partial charge on any atom is 0.306 e. The highest BCUT2D eigenvalue weighted by Crippen LogP contribution is 2.78. The molecular weight excluding hydrogens is 638 g/mol. The summed E-state index contributed by atoms with van der Waals surface area (Å²) in [6.07, 6.45) is 11.1. The number of carbonyl (C=O) groups is 3. The molecule has 5 aliphatic carbocycles. The number of aliphatic carboxylic acids is 1. The van der Waals surface area contributed by atoms with E-state index < -0.39 is 22.9 Å². The molecule has 8 heteroatoms. The van der Waals surface area contributed by atoms with E-state index in [2.05, 4.69) is 53.4 Å². The van der Waals surface area contributed by atoms with Crippen LogP contribution in [0.2, 0.25) is 0 Å². The third kappa shape index (κ3) is 6.31. The Morgan fingerprint density at radius 2 is 1.65 bits per heavy atom. The molecule has 5 aliphatic rings. The van der Waals surface area contributed by atoms with E-state index in [0.29, 0.717) is 49.0 Å². The standard InChI is InChI=1S/C41H66ClNO6/c1-25(2)26-12-18-41(35(48)28(42)15-21-43-24-44)20-19-39(8)27(34(26)41)10-11-30-38(7)16-14-31(37(5,6)29(38)13-17-40(30,39)9)49-33(47)23-36(3,4)22-32(45)46/h24,26-31,34-35,48H,1,10-23H2,2-9H3,(H,43,44)(H,45,46)/t26-,27+,28?,29-,30+,31-,34+,35?,38-,39+,40+,41-/m0/s1. The van der Waals surface area contributed by atoms with Crippen molar-refractivity contribution in [1.82, 2.24) is 5.32 Å². The van der Waals surface area contributed by atoms with Crippen LogP contribution >= 0.6 is 11.6 Å². The van der Waals surface area contributed by atoms with E-state index in [4.69, 9.17) is 16.3 Å². The number of rotatable bonds is 12. The van der Waals surface area contributed by atoms with Gasteiger partial charge in [-0.05, 0) is 129 Å². The highest BCUT2D eigenvalue weighted by molar-refractivity contribution is 6.21. The number of esters is 1. The number of carbonyl (C=O) groups excluding carboxylic acids is 2. The van der Waals surface area contributed by atoms with Crippen LogP contribution in [0.15, 0.2) is 12.2 Å². The van der Waals surface area contributed by atoms with Crippen molar-refractivity contribution in [3.05, 3.63) is 12.2 Å². The maximum absolute atomic E-state index is 13.2. The van der Waals surface area contributed by atoms with Crippen molar-refractivity contribution < 1.29 is 29.3 Å². The Labute approximate surface area is 301 Å². The van der Waals surface area contributed by atoms with E-state index >= 15 is 0 Å². The molecule has 5 rings (SSSR count). The van der Waals surface area contributed by atoms with Gasteiger partial charge in [0.15, 0.2) is 0 Å². The molecule has 0 bridgehead atoms. The molecule has 49 heavy (non-hydrogen) atoms. The molecule has 2 unspecified atom stereocenters. The molecule has 0 saturated heterocycles. The van der Waals surface area contributed by atoms with Gasteiger partial charge in [0, 0.05) is 17.4 Å². The van der Waals surface area contributed by atoms with Crippen molar-refractivity contribution in [3.63, 3.8) is 0 Å². The Bertz CT molecular complexity index is 1300. The molecule has 0 aromatic carbocycles. The highest BCUT2D eigenvalue weighted by Gasteiger charge is 2.72. The summed E-state index contributed by atoms with van der Waals surface area (Å²) in [5.41, 5.74) is 0.575. The van der Waals surface area contributed by atoms with Crippen molar-refractivity contribution in [3.8, 4) is 0 Å². The van der Waals surface area contributed by atoms with E-state index in [9.17, 15) is 24.6 Å². The van der Waals surface area contributed by atoms with Crippen molar-refractivity contribution in [2.24, 2.45) is 62.1 Å². The third-order valence-electron chi connectivity index (χ3n) is 16.2. The minimum atomic E-state index is -0.893. The fraction of sp³-hybridized carbons (Fsp3) is 0.878. The quantitative estimate of drug-likeness (QED) is 0.0617. The number of hydrogen-bond acceptors (Lipinski definition) is 5. The minimum absolute atomic E-state index is 0.0593. The molecule has 0 aromatic heterocycles. The van der Waals surface area contributed by atoms with Crippen LogP contribution in [0, 0.1) is 62.1 Å². The summed E-state index contributed by atoms with van der Waals surface area (Å²) in [6, 6.07) is 0. The van der Waals surface area contributed by atoms with Gasteiger partial charge in [-0.3, -0.25) is 14.4 Å². The van der Waals surface area contributed by atoms with E-state index in [1.165, 1.54) is 12.0 Å². The van der Waals surface area contributed by atoms with E-state index in [1.807, 2.05) is 13.8 Å². The average molecular weight is 704 g/mol. The molecule has 7 nitrogen and oxygen atoms in total. The molecule has 1 amide bonds. The number of aliphatic hydroxyl groups excluding tert-OH is 1. The first-order valence-electron chi connectivity index (χ1n) is 19.3. The Hall–Kier alpha value is -1.60. The maximum atomic E-state index is 13.2. The number of allylic oxidation sites excluding steroid dienone is 1. The second kappa shape index (κ2) is 13.4. The van der Waals surface area contributed by atoms with Crippen molar-refractivity contribution in [2.75, 3.05) is 6.54 Å². The number of carboxylic acids is 1. The Balaban J connectivity index is 1.40. The normalized spacial score (nSPS) is 42.3. The second-order valence-electron chi connectivity index (χ2n) is 19.5. The molecule has 0 aromatic rings. The molecule has 278 valence electrons. The molecule has 0 spiro atoms. The Kier molecular flexibility index (Phi) is 10.6. The first kappa shape index (κ1) is 38.6. The predicted molar refractivity (Wildman–Crippen MR) is 194 cm³/mol. The van der Waals surface area contributed by atoms with Gasteiger partial charge in [-0.15, -0.1) is 11.6 Å². The number of amides is 1. The van der Waals surface area contributed by atoms with Crippen molar-refractivity contribution in [1.29, 1.82) is 0 Å². The summed E-state index contributed by atoms with van der Waals surface area (Å²) < 4.78 is 6.25. The smallest absolute Gasteiger partial charge is 0.306 e. The summed E-state index contributed by atoms with van der Waals surface area (Å²) >= 11 is 6.97. The van der Waals surface area contributed by atoms with E-state index in [0.717, 1.165) is 57.8 Å². The van der Waals surface area contributed by atoms with Gasteiger partial charge < -0.3 is 20.3 Å². The lowest BCUT2D eigenvalue weighted by molar-refractivity contribution is -0.255. The summed E-state index contributed by atoms with van der Waals surface area (Å²) in [4.78, 5) is 35.5. The van der Waals surface area contributed by atoms with Crippen LogP contribution < -0.4 is 5.32 Å². The van der Waals surface area contributed by atoms with E-state index in [-0.39, 0.29) is 52.0 Å². The molecule has 0 heterocycles. The number of halogens is 1. The summed E-state index contributed by atoms with van der Waals surface area (Å²) in [5.74, 6) is 1.02. The van der Waals surface area contributed by atoms with Gasteiger partial charge in [-0.1, -0.05) is 60.6 Å². The van der Waals surface area contributed by atoms with Gasteiger partial charge in [-0.2, -0.15) is 0 Å². The Morgan fingerprint density at radius 3 is 2.29 bits per heavy atom. The zero-order valence-corrected chi connectivity index (χ0v) is 32.5. The number of fused-ring (bicyclic) bond motifs is 7. The van der Waals surface area contributed by atoms with Crippen LogP contribution in [0.5, 0.6) is 0 Å². The number of alkyl halides is 1. The zero-order valence-electron chi connectivity index (χ0n) is 31.7. The minimum Gasteiger partial charge on any atom is -0.481 e. The first-order valence-corrected chi connectivity index (χ1v) is 19.7. The van der Waals surface area contributed by atoms with Gasteiger partial charge in [0.25, 0.3) is 0 Å². The molecular formula is C41H66ClNO6. The third-order valence-corrected chi connectivity index (χ3v) is 16.6. The van der Waals surface area contributed by atoms with Crippen LogP contribution in [-0.2, 0) is 19.1 Å².